The molecule has 0 aliphatic carbocycles. The van der Waals surface area contributed by atoms with Crippen molar-refractivity contribution < 1.29 is 10.2 Å². The van der Waals surface area contributed by atoms with Gasteiger partial charge in [-0.1, -0.05) is 6.92 Å². The summed E-state index contributed by atoms with van der Waals surface area (Å²) in [4.78, 5) is 0. The van der Waals surface area contributed by atoms with Gasteiger partial charge in [-0.2, -0.15) is 0 Å². The van der Waals surface area contributed by atoms with Gasteiger partial charge in [0.05, 0.1) is 8.80 Å². The van der Waals surface area contributed by atoms with Gasteiger partial charge in [-0.25, -0.2) is 0 Å². The van der Waals surface area contributed by atoms with Crippen molar-refractivity contribution >= 4 is 8.80 Å². The molecule has 0 aliphatic rings. The Bertz CT molecular complexity index is 86.5. The fraction of sp³-hybridized carbons (Fsp3) is 1.00. The van der Waals surface area contributed by atoms with Gasteiger partial charge in [-0.15, -0.1) is 0 Å². The normalized spacial score (nSPS) is 13.9. The van der Waals surface area contributed by atoms with Gasteiger partial charge in [0.1, 0.15) is 0 Å². The first-order valence-corrected chi connectivity index (χ1v) is 6.53. The third-order valence-electron chi connectivity index (χ3n) is 2.08. The highest BCUT2D eigenvalue weighted by molar-refractivity contribution is 6.60. The third kappa shape index (κ3) is 4.52. The second-order valence-electron chi connectivity index (χ2n) is 2.86. The molecule has 4 heteroatoms. The number of aliphatic hydroxyl groups is 2. The number of hydrogen-bond donors (Lipinski definition) is 3. The first kappa shape index (κ1) is 11.1. The fourth-order valence-corrected chi connectivity index (χ4v) is 3.71. The van der Waals surface area contributed by atoms with Crippen molar-refractivity contribution in [3.8, 4) is 0 Å². The minimum atomic E-state index is -1.05. The van der Waals surface area contributed by atoms with E-state index in [1.165, 1.54) is 0 Å². The lowest BCUT2D eigenvalue weighted by atomic mass is 10.5. The Labute approximate surface area is 69.8 Å². The van der Waals surface area contributed by atoms with Crippen LogP contribution in [0.5, 0.6) is 0 Å². The molecule has 0 amide bonds. The summed E-state index contributed by atoms with van der Waals surface area (Å²) >= 11 is 0. The molecule has 0 rings (SSSR count). The Morgan fingerprint density at radius 1 is 1.27 bits per heavy atom. The van der Waals surface area contributed by atoms with Crippen molar-refractivity contribution in [2.24, 2.45) is 5.73 Å². The van der Waals surface area contributed by atoms with E-state index in [0.29, 0.717) is 0 Å². The van der Waals surface area contributed by atoms with E-state index in [2.05, 4.69) is 6.92 Å². The van der Waals surface area contributed by atoms with Crippen LogP contribution in [0.4, 0.5) is 0 Å². The summed E-state index contributed by atoms with van der Waals surface area (Å²) in [6.45, 7) is 2.51. The standard InChI is InChI=1S/C7H19NO2Si/c1-2-7(8)11(5-3-9)6-4-10/h7,9-11H,2-6,8H2,1H3. The van der Waals surface area contributed by atoms with E-state index in [9.17, 15) is 0 Å². The molecule has 0 spiro atoms. The molecule has 0 radical (unpaired) electrons. The lowest BCUT2D eigenvalue weighted by Crippen LogP contribution is -2.39. The number of aliphatic hydroxyl groups excluding tert-OH is 2. The van der Waals surface area contributed by atoms with Crippen LogP contribution in [0.2, 0.25) is 12.1 Å². The van der Waals surface area contributed by atoms with Gasteiger partial charge in [-0.05, 0) is 24.2 Å². The first-order valence-electron chi connectivity index (χ1n) is 4.23. The van der Waals surface area contributed by atoms with Gasteiger partial charge < -0.3 is 15.9 Å². The van der Waals surface area contributed by atoms with E-state index in [1.54, 1.807) is 0 Å². The summed E-state index contributed by atoms with van der Waals surface area (Å²) in [5.41, 5.74) is 6.09. The second kappa shape index (κ2) is 6.79. The van der Waals surface area contributed by atoms with Crippen LogP contribution in [-0.4, -0.2) is 37.9 Å². The molecule has 0 aliphatic heterocycles. The van der Waals surface area contributed by atoms with Gasteiger partial charge in [0, 0.05) is 13.2 Å². The highest BCUT2D eigenvalue weighted by Crippen LogP contribution is 2.04. The van der Waals surface area contributed by atoms with Crippen molar-refractivity contribution in [3.63, 3.8) is 0 Å². The summed E-state index contributed by atoms with van der Waals surface area (Å²) < 4.78 is 0. The van der Waals surface area contributed by atoms with Crippen LogP contribution in [0.3, 0.4) is 0 Å². The number of rotatable bonds is 6. The summed E-state index contributed by atoms with van der Waals surface area (Å²) in [5, 5.41) is 17.4. The van der Waals surface area contributed by atoms with Gasteiger partial charge >= 0.3 is 0 Å². The SMILES string of the molecule is CCC(N)[SiH](CCO)CCO. The second-order valence-corrected chi connectivity index (χ2v) is 6.39. The molecule has 0 aromatic heterocycles. The fourth-order valence-electron chi connectivity index (χ4n) is 1.24. The molecule has 0 heterocycles. The average Bonchev–Trinajstić information content (AvgIpc) is 2.03. The zero-order valence-electron chi connectivity index (χ0n) is 7.16. The highest BCUT2D eigenvalue weighted by Gasteiger charge is 2.16. The summed E-state index contributed by atoms with van der Waals surface area (Å²) in [6, 6.07) is 1.69. The van der Waals surface area contributed by atoms with Crippen LogP contribution in [-0.2, 0) is 0 Å². The Hall–Kier alpha value is 0.0969. The van der Waals surface area contributed by atoms with Crippen LogP contribution in [0.15, 0.2) is 0 Å². The minimum absolute atomic E-state index is 0.227. The highest BCUT2D eigenvalue weighted by atomic mass is 28.3. The molecule has 68 valence electrons. The largest absolute Gasteiger partial charge is 0.397 e. The molecular formula is C7H19NO2Si. The number of nitrogens with two attached hydrogens (primary N) is 1. The molecule has 0 saturated heterocycles. The molecule has 0 saturated carbocycles. The molecule has 0 fully saturated rings. The Kier molecular flexibility index (Phi) is 6.85. The van der Waals surface area contributed by atoms with Gasteiger partial charge in [0.25, 0.3) is 0 Å². The summed E-state index contributed by atoms with van der Waals surface area (Å²) in [5.74, 6) is 0. The molecule has 3 nitrogen and oxygen atoms in total. The zero-order valence-corrected chi connectivity index (χ0v) is 8.32. The third-order valence-corrected chi connectivity index (χ3v) is 5.76. The van der Waals surface area contributed by atoms with E-state index in [0.717, 1.165) is 18.5 Å². The molecule has 1 atom stereocenters. The molecule has 0 bridgehead atoms. The summed E-state index contributed by atoms with van der Waals surface area (Å²) in [7, 11) is -1.05. The van der Waals surface area contributed by atoms with E-state index in [-0.39, 0.29) is 18.9 Å². The van der Waals surface area contributed by atoms with Crippen LogP contribution >= 0.6 is 0 Å². The van der Waals surface area contributed by atoms with Crippen molar-refractivity contribution in [1.29, 1.82) is 0 Å². The van der Waals surface area contributed by atoms with Crippen LogP contribution in [0.1, 0.15) is 13.3 Å². The summed E-state index contributed by atoms with van der Waals surface area (Å²) in [6.07, 6.45) is 0.969. The zero-order chi connectivity index (χ0) is 8.69. The molecule has 0 aromatic carbocycles. The molecule has 1 unspecified atom stereocenters. The molecule has 4 N–H and O–H groups in total. The van der Waals surface area contributed by atoms with Gasteiger partial charge in [0.2, 0.25) is 0 Å². The van der Waals surface area contributed by atoms with Crippen LogP contribution in [0, 0.1) is 0 Å². The quantitative estimate of drug-likeness (QED) is 0.478. The van der Waals surface area contributed by atoms with Crippen molar-refractivity contribution in [2.75, 3.05) is 13.2 Å². The predicted molar refractivity (Wildman–Crippen MR) is 49.2 cm³/mol. The van der Waals surface area contributed by atoms with Crippen molar-refractivity contribution in [2.45, 2.75) is 31.1 Å². The average molecular weight is 177 g/mol. The van der Waals surface area contributed by atoms with E-state index in [1.807, 2.05) is 0 Å². The van der Waals surface area contributed by atoms with Crippen molar-refractivity contribution in [1.82, 2.24) is 0 Å². The first-order chi connectivity index (χ1) is 5.26. The van der Waals surface area contributed by atoms with Gasteiger partial charge in [0.15, 0.2) is 0 Å². The lowest BCUT2D eigenvalue weighted by Gasteiger charge is -2.19. The van der Waals surface area contributed by atoms with Crippen LogP contribution in [0.25, 0.3) is 0 Å². The Morgan fingerprint density at radius 2 is 1.73 bits per heavy atom. The molecule has 11 heavy (non-hydrogen) atoms. The number of hydrogen-bond acceptors (Lipinski definition) is 3. The van der Waals surface area contributed by atoms with E-state index in [4.69, 9.17) is 15.9 Å². The molecule has 0 aromatic rings. The Balaban J connectivity index is 3.66. The maximum absolute atomic E-state index is 8.71. The van der Waals surface area contributed by atoms with E-state index >= 15 is 0 Å². The lowest BCUT2D eigenvalue weighted by molar-refractivity contribution is 0.308. The molecular weight excluding hydrogens is 158 g/mol. The van der Waals surface area contributed by atoms with E-state index < -0.39 is 8.80 Å². The predicted octanol–water partition coefficient (Wildman–Crippen LogP) is -0.525. The Morgan fingerprint density at radius 3 is 2.00 bits per heavy atom. The maximum Gasteiger partial charge on any atom is 0.0608 e. The topological polar surface area (TPSA) is 66.5 Å². The van der Waals surface area contributed by atoms with Gasteiger partial charge in [-0.3, -0.25) is 0 Å². The monoisotopic (exact) mass is 177 g/mol. The minimum Gasteiger partial charge on any atom is -0.397 e. The van der Waals surface area contributed by atoms with Crippen LogP contribution < -0.4 is 5.73 Å². The smallest absolute Gasteiger partial charge is 0.0608 e. The maximum atomic E-state index is 8.71. The van der Waals surface area contributed by atoms with Crippen molar-refractivity contribution in [3.05, 3.63) is 0 Å².